The number of nitrogens with one attached hydrogen (secondary N) is 1. The number of hydrogen-bond acceptors (Lipinski definition) is 5. The fourth-order valence-corrected chi connectivity index (χ4v) is 1.28. The van der Waals surface area contributed by atoms with Crippen LogP contribution in [0, 0.1) is 10.1 Å². The molecule has 0 amide bonds. The van der Waals surface area contributed by atoms with Crippen molar-refractivity contribution in [1.29, 1.82) is 0 Å². The van der Waals surface area contributed by atoms with E-state index in [1.165, 1.54) is 6.33 Å². The van der Waals surface area contributed by atoms with Crippen LogP contribution in [0.2, 0.25) is 0 Å². The highest BCUT2D eigenvalue weighted by Gasteiger charge is 2.19. The van der Waals surface area contributed by atoms with E-state index in [2.05, 4.69) is 22.1 Å². The lowest BCUT2D eigenvalue weighted by molar-refractivity contribution is -0.388. The van der Waals surface area contributed by atoms with Gasteiger partial charge in [0.2, 0.25) is 12.1 Å². The van der Waals surface area contributed by atoms with E-state index in [1.54, 1.807) is 11.6 Å². The van der Waals surface area contributed by atoms with Crippen molar-refractivity contribution >= 4 is 11.6 Å². The Morgan fingerprint density at radius 3 is 2.94 bits per heavy atom. The van der Waals surface area contributed by atoms with Crippen LogP contribution >= 0.6 is 0 Å². The molecule has 0 bridgehead atoms. The zero-order valence-corrected chi connectivity index (χ0v) is 9.80. The van der Waals surface area contributed by atoms with Gasteiger partial charge in [0.15, 0.2) is 0 Å². The Hall–Kier alpha value is -1.63. The van der Waals surface area contributed by atoms with Crippen LogP contribution in [0.5, 0.6) is 0 Å². The summed E-state index contributed by atoms with van der Waals surface area (Å²) in [5, 5.41) is 13.7. The molecule has 90 valence electrons. The number of aromatic nitrogens is 2. The van der Waals surface area contributed by atoms with Gasteiger partial charge in [-0.2, -0.15) is 0 Å². The molecular formula is C9H17N5O2. The van der Waals surface area contributed by atoms with E-state index in [4.69, 9.17) is 0 Å². The maximum atomic E-state index is 10.7. The average molecular weight is 227 g/mol. The molecule has 0 aromatic carbocycles. The molecule has 0 saturated heterocycles. The highest BCUT2D eigenvalue weighted by Crippen LogP contribution is 2.20. The molecule has 1 aromatic heterocycles. The number of imidazole rings is 1. The third-order valence-corrected chi connectivity index (χ3v) is 2.42. The van der Waals surface area contributed by atoms with Gasteiger partial charge in [-0.05, 0) is 23.5 Å². The van der Waals surface area contributed by atoms with Crippen LogP contribution < -0.4 is 5.32 Å². The van der Waals surface area contributed by atoms with Gasteiger partial charge in [-0.25, -0.2) is 0 Å². The van der Waals surface area contributed by atoms with Crippen LogP contribution in [0.4, 0.5) is 11.6 Å². The second-order valence-corrected chi connectivity index (χ2v) is 3.61. The lowest BCUT2D eigenvalue weighted by atomic mass is 10.5. The maximum Gasteiger partial charge on any atom is 0.406 e. The summed E-state index contributed by atoms with van der Waals surface area (Å²) < 4.78 is 1.62. The molecule has 0 unspecified atom stereocenters. The first-order valence-corrected chi connectivity index (χ1v) is 5.14. The monoisotopic (exact) mass is 227 g/mol. The van der Waals surface area contributed by atoms with E-state index in [0.29, 0.717) is 12.4 Å². The largest absolute Gasteiger partial charge is 0.406 e. The number of aryl methyl sites for hydroxylation is 1. The Labute approximate surface area is 94.2 Å². The van der Waals surface area contributed by atoms with Crippen LogP contribution in [-0.2, 0) is 7.05 Å². The molecule has 1 heterocycles. The van der Waals surface area contributed by atoms with E-state index >= 15 is 0 Å². The van der Waals surface area contributed by atoms with Crippen molar-refractivity contribution in [1.82, 2.24) is 14.5 Å². The fourth-order valence-electron chi connectivity index (χ4n) is 1.28. The summed E-state index contributed by atoms with van der Waals surface area (Å²) in [4.78, 5) is 16.0. The number of nitro groups is 1. The van der Waals surface area contributed by atoms with Gasteiger partial charge >= 0.3 is 5.82 Å². The summed E-state index contributed by atoms with van der Waals surface area (Å²) in [7, 11) is 3.73. The SMILES string of the molecule is CCN(C)CCNc1c([N+](=O)[O-])ncn1C. The highest BCUT2D eigenvalue weighted by molar-refractivity contribution is 5.51. The van der Waals surface area contributed by atoms with Gasteiger partial charge in [0, 0.05) is 20.1 Å². The molecule has 1 N–H and O–H groups in total. The van der Waals surface area contributed by atoms with Gasteiger partial charge < -0.3 is 20.3 Å². The van der Waals surface area contributed by atoms with Gasteiger partial charge in [0.05, 0.1) is 0 Å². The van der Waals surface area contributed by atoms with Crippen LogP contribution in [0.3, 0.4) is 0 Å². The van der Waals surface area contributed by atoms with Crippen molar-refractivity contribution in [3.63, 3.8) is 0 Å². The molecule has 0 saturated carbocycles. The summed E-state index contributed by atoms with van der Waals surface area (Å²) in [6, 6.07) is 0. The minimum absolute atomic E-state index is 0.123. The first-order chi connectivity index (χ1) is 7.56. The Bertz CT molecular complexity index is 363. The summed E-state index contributed by atoms with van der Waals surface area (Å²) in [5.41, 5.74) is 0. The van der Waals surface area contributed by atoms with Crippen LogP contribution in [0.25, 0.3) is 0 Å². The highest BCUT2D eigenvalue weighted by atomic mass is 16.6. The summed E-state index contributed by atoms with van der Waals surface area (Å²) in [6.45, 7) is 4.51. The number of likely N-dealkylation sites (N-methyl/N-ethyl adjacent to an activating group) is 1. The molecule has 0 radical (unpaired) electrons. The van der Waals surface area contributed by atoms with Crippen molar-refractivity contribution in [2.24, 2.45) is 7.05 Å². The first kappa shape index (κ1) is 12.4. The molecule has 7 nitrogen and oxygen atoms in total. The second kappa shape index (κ2) is 5.45. The van der Waals surface area contributed by atoms with Crippen molar-refractivity contribution in [3.05, 3.63) is 16.4 Å². The predicted molar refractivity (Wildman–Crippen MR) is 61.5 cm³/mol. The lowest BCUT2D eigenvalue weighted by Gasteiger charge is -2.14. The number of hydrogen-bond donors (Lipinski definition) is 1. The van der Waals surface area contributed by atoms with E-state index < -0.39 is 4.92 Å². The molecule has 0 aliphatic heterocycles. The van der Waals surface area contributed by atoms with Crippen molar-refractivity contribution in [2.45, 2.75) is 6.92 Å². The smallest absolute Gasteiger partial charge is 0.363 e. The van der Waals surface area contributed by atoms with Gasteiger partial charge in [-0.15, -0.1) is 0 Å². The number of nitrogens with zero attached hydrogens (tertiary/aromatic N) is 4. The minimum atomic E-state index is -0.480. The van der Waals surface area contributed by atoms with Gasteiger partial charge in [0.1, 0.15) is 0 Å². The standard InChI is InChI=1S/C9H17N5O2/c1-4-12(2)6-5-10-8-9(14(15)16)11-7-13(8)3/h7,10H,4-6H2,1-3H3. The Balaban J connectivity index is 2.59. The zero-order chi connectivity index (χ0) is 12.1. The van der Waals surface area contributed by atoms with Crippen molar-refractivity contribution in [2.75, 3.05) is 32.0 Å². The topological polar surface area (TPSA) is 76.2 Å². The van der Waals surface area contributed by atoms with E-state index in [9.17, 15) is 10.1 Å². The second-order valence-electron chi connectivity index (χ2n) is 3.61. The lowest BCUT2D eigenvalue weighted by Crippen LogP contribution is -2.25. The molecule has 0 atom stereocenters. The van der Waals surface area contributed by atoms with E-state index in [0.717, 1.165) is 13.1 Å². The molecule has 0 spiro atoms. The molecule has 16 heavy (non-hydrogen) atoms. The zero-order valence-electron chi connectivity index (χ0n) is 9.80. The molecule has 7 heteroatoms. The normalized spacial score (nSPS) is 10.8. The first-order valence-electron chi connectivity index (χ1n) is 5.14. The Morgan fingerprint density at radius 1 is 1.69 bits per heavy atom. The number of anilines is 1. The third-order valence-electron chi connectivity index (χ3n) is 2.42. The fraction of sp³-hybridized carbons (Fsp3) is 0.667. The predicted octanol–water partition coefficient (Wildman–Crippen LogP) is 0.692. The molecule has 0 aliphatic rings. The van der Waals surface area contributed by atoms with Gasteiger partial charge in [-0.3, -0.25) is 4.57 Å². The molecule has 1 aromatic rings. The third kappa shape index (κ3) is 2.93. The van der Waals surface area contributed by atoms with Crippen LogP contribution in [0.1, 0.15) is 6.92 Å². The summed E-state index contributed by atoms with van der Waals surface area (Å²) >= 11 is 0. The molecule has 0 fully saturated rings. The average Bonchev–Trinajstić information content (AvgIpc) is 2.60. The van der Waals surface area contributed by atoms with Crippen LogP contribution in [-0.4, -0.2) is 46.1 Å². The number of rotatable bonds is 6. The molecule has 1 rings (SSSR count). The van der Waals surface area contributed by atoms with E-state index in [1.807, 2.05) is 7.05 Å². The summed E-state index contributed by atoms with van der Waals surface area (Å²) in [6.07, 6.45) is 1.43. The van der Waals surface area contributed by atoms with Gasteiger partial charge in [0.25, 0.3) is 0 Å². The molecular weight excluding hydrogens is 210 g/mol. The minimum Gasteiger partial charge on any atom is -0.363 e. The van der Waals surface area contributed by atoms with E-state index in [-0.39, 0.29) is 5.82 Å². The van der Waals surface area contributed by atoms with Crippen molar-refractivity contribution < 1.29 is 4.92 Å². The van der Waals surface area contributed by atoms with Gasteiger partial charge in [-0.1, -0.05) is 6.92 Å². The van der Waals surface area contributed by atoms with Crippen molar-refractivity contribution in [3.8, 4) is 0 Å². The Morgan fingerprint density at radius 2 is 2.38 bits per heavy atom. The van der Waals surface area contributed by atoms with Crippen LogP contribution in [0.15, 0.2) is 6.33 Å². The molecule has 0 aliphatic carbocycles. The Kier molecular flexibility index (Phi) is 4.24. The summed E-state index contributed by atoms with van der Waals surface area (Å²) in [5.74, 6) is 0.330. The quantitative estimate of drug-likeness (QED) is 0.571. The maximum absolute atomic E-state index is 10.7.